The van der Waals surface area contributed by atoms with Crippen LogP contribution in [-0.4, -0.2) is 13.0 Å². The van der Waals surface area contributed by atoms with Crippen molar-refractivity contribution in [1.82, 2.24) is 4.57 Å². The van der Waals surface area contributed by atoms with E-state index >= 15 is 0 Å². The summed E-state index contributed by atoms with van der Waals surface area (Å²) in [5.41, 5.74) is 1.01. The molecule has 0 N–H and O–H groups in total. The zero-order chi connectivity index (χ0) is 22.3. The predicted molar refractivity (Wildman–Crippen MR) is 115 cm³/mol. The second-order valence-corrected chi connectivity index (χ2v) is 9.53. The highest BCUT2D eigenvalue weighted by Crippen LogP contribution is 2.25. The number of sulfone groups is 1. The lowest BCUT2D eigenvalue weighted by Crippen LogP contribution is -2.20. The van der Waals surface area contributed by atoms with Gasteiger partial charge in [0.05, 0.1) is 15.8 Å². The maximum atomic E-state index is 14.0. The maximum absolute atomic E-state index is 14.0. The van der Waals surface area contributed by atoms with E-state index in [1.165, 1.54) is 28.8 Å². The first-order valence-corrected chi connectivity index (χ1v) is 11.1. The van der Waals surface area contributed by atoms with Crippen molar-refractivity contribution in [3.8, 4) is 0 Å². The lowest BCUT2D eigenvalue weighted by Gasteiger charge is -2.15. The van der Waals surface area contributed by atoms with Crippen LogP contribution in [-0.2, 0) is 16.4 Å². The molecule has 4 aromatic rings. The second kappa shape index (κ2) is 7.90. The van der Waals surface area contributed by atoms with Crippen molar-refractivity contribution in [2.24, 2.45) is 0 Å². The summed E-state index contributed by atoms with van der Waals surface area (Å²) in [5, 5.41) is -0.0379. The first-order chi connectivity index (χ1) is 14.7. The van der Waals surface area contributed by atoms with Gasteiger partial charge in [-0.25, -0.2) is 17.2 Å². The molecule has 4 rings (SSSR count). The van der Waals surface area contributed by atoms with E-state index in [2.05, 4.69) is 0 Å². The summed E-state index contributed by atoms with van der Waals surface area (Å²) in [4.78, 5) is 12.3. The summed E-state index contributed by atoms with van der Waals surface area (Å²) >= 11 is 5.92. The molecule has 0 aliphatic carbocycles. The van der Waals surface area contributed by atoms with Crippen LogP contribution in [0.3, 0.4) is 0 Å². The molecule has 0 aliphatic heterocycles. The Morgan fingerprint density at radius 3 is 2.32 bits per heavy atom. The van der Waals surface area contributed by atoms with Crippen LogP contribution in [0.1, 0.15) is 11.1 Å². The van der Waals surface area contributed by atoms with Crippen LogP contribution in [0.25, 0.3) is 10.9 Å². The number of aromatic nitrogens is 1. The van der Waals surface area contributed by atoms with Crippen LogP contribution in [0.4, 0.5) is 8.78 Å². The minimum atomic E-state index is -4.26. The van der Waals surface area contributed by atoms with E-state index in [4.69, 9.17) is 11.6 Å². The first-order valence-electron chi connectivity index (χ1n) is 9.25. The van der Waals surface area contributed by atoms with Gasteiger partial charge in [-0.05, 0) is 36.8 Å². The quantitative estimate of drug-likeness (QED) is 0.425. The van der Waals surface area contributed by atoms with Crippen molar-refractivity contribution < 1.29 is 17.2 Å². The molecular weight excluding hydrogens is 444 g/mol. The molecule has 0 fully saturated rings. The average Bonchev–Trinajstić information content (AvgIpc) is 2.73. The van der Waals surface area contributed by atoms with Crippen LogP contribution < -0.4 is 5.43 Å². The molecule has 8 heteroatoms. The van der Waals surface area contributed by atoms with Gasteiger partial charge in [-0.3, -0.25) is 4.79 Å². The van der Waals surface area contributed by atoms with Crippen LogP contribution in [0.5, 0.6) is 0 Å². The van der Waals surface area contributed by atoms with Gasteiger partial charge in [-0.2, -0.15) is 0 Å². The van der Waals surface area contributed by atoms with Crippen LogP contribution in [0.15, 0.2) is 81.4 Å². The number of hydrogen-bond acceptors (Lipinski definition) is 3. The molecule has 0 saturated heterocycles. The maximum Gasteiger partial charge on any atom is 0.211 e. The number of halogens is 3. The van der Waals surface area contributed by atoms with Crippen molar-refractivity contribution in [2.75, 3.05) is 0 Å². The molecular formula is C23H16ClF2NO3S. The zero-order valence-electron chi connectivity index (χ0n) is 16.3. The van der Waals surface area contributed by atoms with E-state index in [1.807, 2.05) is 31.2 Å². The molecule has 0 atom stereocenters. The van der Waals surface area contributed by atoms with Gasteiger partial charge in [0.1, 0.15) is 4.90 Å². The smallest absolute Gasteiger partial charge is 0.211 e. The van der Waals surface area contributed by atoms with Gasteiger partial charge >= 0.3 is 0 Å². The largest absolute Gasteiger partial charge is 0.341 e. The summed E-state index contributed by atoms with van der Waals surface area (Å²) in [6.45, 7) is 2.08. The minimum absolute atomic E-state index is 0.0921. The average molecular weight is 460 g/mol. The van der Waals surface area contributed by atoms with E-state index in [0.717, 1.165) is 29.5 Å². The Kier molecular flexibility index (Phi) is 5.41. The Hall–Kier alpha value is -3.03. The fourth-order valence-electron chi connectivity index (χ4n) is 3.33. The number of nitrogens with zero attached hydrogens (tertiary/aromatic N) is 1. The van der Waals surface area contributed by atoms with Gasteiger partial charge in [0.15, 0.2) is 11.6 Å². The fraction of sp³-hybridized carbons (Fsp3) is 0.0870. The Bertz CT molecular complexity index is 1480. The fourth-order valence-corrected chi connectivity index (χ4v) is 5.00. The number of hydrogen-bond donors (Lipinski definition) is 0. The highest BCUT2D eigenvalue weighted by molar-refractivity contribution is 7.91. The van der Waals surface area contributed by atoms with Gasteiger partial charge < -0.3 is 4.57 Å². The third-order valence-corrected chi connectivity index (χ3v) is 6.94. The van der Waals surface area contributed by atoms with Gasteiger partial charge in [-0.1, -0.05) is 47.5 Å². The predicted octanol–water partition coefficient (Wildman–Crippen LogP) is 5.12. The lowest BCUT2D eigenvalue weighted by atomic mass is 10.1. The van der Waals surface area contributed by atoms with E-state index in [0.29, 0.717) is 0 Å². The summed E-state index contributed by atoms with van der Waals surface area (Å²) in [6, 6.07) is 14.6. The van der Waals surface area contributed by atoms with Crippen molar-refractivity contribution in [3.63, 3.8) is 0 Å². The molecule has 1 heterocycles. The van der Waals surface area contributed by atoms with Crippen molar-refractivity contribution in [2.45, 2.75) is 23.3 Å². The third-order valence-electron chi connectivity index (χ3n) is 4.96. The number of pyridine rings is 1. The molecule has 31 heavy (non-hydrogen) atoms. The Morgan fingerprint density at radius 2 is 1.65 bits per heavy atom. The molecule has 0 spiro atoms. The first kappa shape index (κ1) is 21.2. The molecule has 3 aromatic carbocycles. The van der Waals surface area contributed by atoms with E-state index in [-0.39, 0.29) is 27.4 Å². The normalized spacial score (nSPS) is 11.7. The molecule has 1 aromatic heterocycles. The summed E-state index contributed by atoms with van der Waals surface area (Å²) in [7, 11) is -4.26. The zero-order valence-corrected chi connectivity index (χ0v) is 17.8. The number of benzene rings is 3. The van der Waals surface area contributed by atoms with Gasteiger partial charge in [0, 0.05) is 23.8 Å². The number of aryl methyl sites for hydroxylation is 1. The standard InChI is InChI=1S/C23H16ClF2NO3S/c1-14-5-7-15(8-6-14)12-27-13-22(31(29,30)17-4-2-3-16(24)9-17)23(28)18-10-19(25)20(26)11-21(18)27/h2-11,13H,12H2,1H3. The van der Waals surface area contributed by atoms with Crippen LogP contribution >= 0.6 is 11.6 Å². The highest BCUT2D eigenvalue weighted by Gasteiger charge is 2.25. The van der Waals surface area contributed by atoms with Crippen molar-refractivity contribution in [1.29, 1.82) is 0 Å². The monoisotopic (exact) mass is 459 g/mol. The Balaban J connectivity index is 2.00. The van der Waals surface area contributed by atoms with Crippen molar-refractivity contribution >= 4 is 32.3 Å². The molecule has 0 saturated carbocycles. The van der Waals surface area contributed by atoms with Gasteiger partial charge in [0.2, 0.25) is 15.3 Å². The summed E-state index contributed by atoms with van der Waals surface area (Å²) in [5.74, 6) is -2.36. The SMILES string of the molecule is Cc1ccc(Cn2cc(S(=O)(=O)c3cccc(Cl)c3)c(=O)c3cc(F)c(F)cc32)cc1. The lowest BCUT2D eigenvalue weighted by molar-refractivity contribution is 0.510. The van der Waals surface area contributed by atoms with E-state index in [1.54, 1.807) is 0 Å². The number of fused-ring (bicyclic) bond motifs is 1. The van der Waals surface area contributed by atoms with E-state index in [9.17, 15) is 22.0 Å². The second-order valence-electron chi connectivity index (χ2n) is 7.18. The van der Waals surface area contributed by atoms with Crippen LogP contribution in [0.2, 0.25) is 5.02 Å². The summed E-state index contributed by atoms with van der Waals surface area (Å²) < 4.78 is 55.8. The molecule has 0 radical (unpaired) electrons. The minimum Gasteiger partial charge on any atom is -0.341 e. The molecule has 158 valence electrons. The van der Waals surface area contributed by atoms with Crippen molar-refractivity contribution in [3.05, 3.63) is 105 Å². The molecule has 0 unspecified atom stereocenters. The molecule has 0 amide bonds. The van der Waals surface area contributed by atoms with E-state index < -0.39 is 31.8 Å². The topological polar surface area (TPSA) is 56.1 Å². The van der Waals surface area contributed by atoms with Gasteiger partial charge in [-0.15, -0.1) is 0 Å². The highest BCUT2D eigenvalue weighted by atomic mass is 35.5. The Labute approximate surface area is 182 Å². The van der Waals surface area contributed by atoms with Crippen LogP contribution in [0, 0.1) is 18.6 Å². The van der Waals surface area contributed by atoms with Gasteiger partial charge in [0.25, 0.3) is 0 Å². The molecule has 4 nitrogen and oxygen atoms in total. The number of rotatable bonds is 4. The Morgan fingerprint density at radius 1 is 0.968 bits per heavy atom. The summed E-state index contributed by atoms with van der Waals surface area (Å²) in [6.07, 6.45) is 1.16. The third kappa shape index (κ3) is 3.98. The molecule has 0 bridgehead atoms. The molecule has 0 aliphatic rings.